The van der Waals surface area contributed by atoms with Gasteiger partial charge in [-0.1, -0.05) is 5.16 Å². The van der Waals surface area contributed by atoms with E-state index in [2.05, 4.69) is 15.5 Å². The molecule has 2 rings (SSSR count). The summed E-state index contributed by atoms with van der Waals surface area (Å²) in [7, 11) is 0. The summed E-state index contributed by atoms with van der Waals surface area (Å²) < 4.78 is 5.07. The third kappa shape index (κ3) is 2.92. The van der Waals surface area contributed by atoms with Crippen LogP contribution in [0.2, 0.25) is 0 Å². The second-order valence-corrected chi connectivity index (χ2v) is 3.88. The number of carbonyl (C=O) groups is 1. The quantitative estimate of drug-likeness (QED) is 0.836. The van der Waals surface area contributed by atoms with E-state index in [9.17, 15) is 4.79 Å². The molecule has 18 heavy (non-hydrogen) atoms. The Bertz CT molecular complexity index is 522. The van der Waals surface area contributed by atoms with Crippen LogP contribution in [0.25, 0.3) is 11.3 Å². The molecule has 0 aliphatic rings. The van der Waals surface area contributed by atoms with Crippen molar-refractivity contribution in [1.82, 2.24) is 15.5 Å². The number of hydrogen-bond donors (Lipinski definition) is 2. The van der Waals surface area contributed by atoms with E-state index in [4.69, 9.17) is 9.63 Å². The highest BCUT2D eigenvalue weighted by Gasteiger charge is 2.13. The highest BCUT2D eigenvalue weighted by molar-refractivity contribution is 5.93. The van der Waals surface area contributed by atoms with Gasteiger partial charge < -0.3 is 14.9 Å². The second kappa shape index (κ2) is 5.42. The lowest BCUT2D eigenvalue weighted by atomic mass is 10.2. The molecule has 1 unspecified atom stereocenters. The average molecular weight is 247 g/mol. The molecule has 6 heteroatoms. The minimum absolute atomic E-state index is 0.175. The number of carbonyl (C=O) groups excluding carboxylic acids is 1. The molecule has 2 heterocycles. The first-order chi connectivity index (χ1) is 8.66. The summed E-state index contributed by atoms with van der Waals surface area (Å²) >= 11 is 0. The fourth-order valence-corrected chi connectivity index (χ4v) is 1.36. The normalized spacial score (nSPS) is 12.1. The van der Waals surface area contributed by atoms with Crippen molar-refractivity contribution >= 4 is 5.91 Å². The first-order valence-electron chi connectivity index (χ1n) is 5.50. The van der Waals surface area contributed by atoms with Crippen LogP contribution < -0.4 is 5.32 Å². The van der Waals surface area contributed by atoms with Crippen LogP contribution in [-0.4, -0.2) is 33.8 Å². The molecule has 1 atom stereocenters. The standard InChI is InChI=1S/C12H13N3O3/c1-8(16)6-14-12(17)10-5-11(18-15-10)9-3-2-4-13-7-9/h2-5,7-8,16H,6H2,1H3,(H,14,17). The zero-order chi connectivity index (χ0) is 13.0. The number of rotatable bonds is 4. The van der Waals surface area contributed by atoms with Crippen LogP contribution in [0.5, 0.6) is 0 Å². The van der Waals surface area contributed by atoms with E-state index in [1.807, 2.05) is 6.07 Å². The van der Waals surface area contributed by atoms with E-state index in [-0.39, 0.29) is 18.1 Å². The van der Waals surface area contributed by atoms with Crippen molar-refractivity contribution in [2.75, 3.05) is 6.54 Å². The first kappa shape index (κ1) is 12.3. The maximum Gasteiger partial charge on any atom is 0.273 e. The van der Waals surface area contributed by atoms with Crippen molar-refractivity contribution < 1.29 is 14.4 Å². The lowest BCUT2D eigenvalue weighted by molar-refractivity contribution is 0.0915. The summed E-state index contributed by atoms with van der Waals surface area (Å²) in [6, 6.07) is 5.12. The Morgan fingerprint density at radius 1 is 1.61 bits per heavy atom. The van der Waals surface area contributed by atoms with Gasteiger partial charge in [0.15, 0.2) is 11.5 Å². The molecular weight excluding hydrogens is 234 g/mol. The van der Waals surface area contributed by atoms with Gasteiger partial charge in [0.05, 0.1) is 6.10 Å². The van der Waals surface area contributed by atoms with Gasteiger partial charge in [0, 0.05) is 30.6 Å². The van der Waals surface area contributed by atoms with Crippen LogP contribution in [0.1, 0.15) is 17.4 Å². The number of nitrogens with zero attached hydrogens (tertiary/aromatic N) is 2. The van der Waals surface area contributed by atoms with Crippen LogP contribution in [0.4, 0.5) is 0 Å². The molecule has 0 aliphatic carbocycles. The van der Waals surface area contributed by atoms with Gasteiger partial charge in [-0.2, -0.15) is 0 Å². The van der Waals surface area contributed by atoms with Crippen LogP contribution in [0, 0.1) is 0 Å². The smallest absolute Gasteiger partial charge is 0.273 e. The third-order valence-corrected chi connectivity index (χ3v) is 2.25. The zero-order valence-corrected chi connectivity index (χ0v) is 9.83. The number of nitrogens with one attached hydrogen (secondary N) is 1. The minimum atomic E-state index is -0.598. The fourth-order valence-electron chi connectivity index (χ4n) is 1.36. The van der Waals surface area contributed by atoms with E-state index in [0.717, 1.165) is 5.56 Å². The van der Waals surface area contributed by atoms with Crippen LogP contribution >= 0.6 is 0 Å². The van der Waals surface area contributed by atoms with E-state index in [1.54, 1.807) is 25.4 Å². The number of pyridine rings is 1. The summed E-state index contributed by atoms with van der Waals surface area (Å²) in [5.74, 6) is 0.0973. The number of aliphatic hydroxyl groups excluding tert-OH is 1. The Hall–Kier alpha value is -2.21. The molecule has 94 valence electrons. The second-order valence-electron chi connectivity index (χ2n) is 3.88. The molecule has 1 amide bonds. The van der Waals surface area contributed by atoms with E-state index in [0.29, 0.717) is 5.76 Å². The van der Waals surface area contributed by atoms with Gasteiger partial charge in [-0.15, -0.1) is 0 Å². The predicted octanol–water partition coefficient (Wildman–Crippen LogP) is 0.847. The Labute approximate surface area is 104 Å². The highest BCUT2D eigenvalue weighted by Crippen LogP contribution is 2.18. The molecule has 0 fully saturated rings. The van der Waals surface area contributed by atoms with Crippen molar-refractivity contribution in [3.05, 3.63) is 36.3 Å². The van der Waals surface area contributed by atoms with Crippen molar-refractivity contribution in [2.45, 2.75) is 13.0 Å². The monoisotopic (exact) mass is 247 g/mol. The fraction of sp³-hybridized carbons (Fsp3) is 0.250. The Kier molecular flexibility index (Phi) is 3.69. The third-order valence-electron chi connectivity index (χ3n) is 2.25. The van der Waals surface area contributed by atoms with Crippen LogP contribution in [0.3, 0.4) is 0 Å². The van der Waals surface area contributed by atoms with Gasteiger partial charge in [-0.25, -0.2) is 0 Å². The average Bonchev–Trinajstić information content (AvgIpc) is 2.86. The SMILES string of the molecule is CC(O)CNC(=O)c1cc(-c2cccnc2)on1. The molecule has 2 aromatic heterocycles. The maximum atomic E-state index is 11.6. The van der Waals surface area contributed by atoms with E-state index >= 15 is 0 Å². The van der Waals surface area contributed by atoms with Gasteiger partial charge in [0.2, 0.25) is 0 Å². The Balaban J connectivity index is 2.09. The van der Waals surface area contributed by atoms with Gasteiger partial charge in [0.1, 0.15) is 0 Å². The van der Waals surface area contributed by atoms with Gasteiger partial charge in [-0.05, 0) is 19.1 Å². The van der Waals surface area contributed by atoms with Crippen LogP contribution in [0.15, 0.2) is 35.1 Å². The maximum absolute atomic E-state index is 11.6. The molecule has 0 aromatic carbocycles. The summed E-state index contributed by atoms with van der Waals surface area (Å²) in [4.78, 5) is 15.6. The highest BCUT2D eigenvalue weighted by atomic mass is 16.5. The molecular formula is C12H13N3O3. The number of amides is 1. The van der Waals surface area contributed by atoms with Gasteiger partial charge >= 0.3 is 0 Å². The summed E-state index contributed by atoms with van der Waals surface area (Å²) in [6.07, 6.45) is 2.67. The van der Waals surface area contributed by atoms with E-state index < -0.39 is 6.10 Å². The molecule has 2 aromatic rings. The zero-order valence-electron chi connectivity index (χ0n) is 9.83. The topological polar surface area (TPSA) is 88.2 Å². The molecule has 6 nitrogen and oxygen atoms in total. The van der Waals surface area contributed by atoms with Crippen molar-refractivity contribution in [3.63, 3.8) is 0 Å². The minimum Gasteiger partial charge on any atom is -0.392 e. The Morgan fingerprint density at radius 3 is 3.11 bits per heavy atom. The molecule has 0 spiro atoms. The lowest BCUT2D eigenvalue weighted by Crippen LogP contribution is -2.30. The van der Waals surface area contributed by atoms with Gasteiger partial charge in [-0.3, -0.25) is 9.78 Å². The lowest BCUT2D eigenvalue weighted by Gasteiger charge is -2.03. The predicted molar refractivity (Wildman–Crippen MR) is 63.7 cm³/mol. The van der Waals surface area contributed by atoms with Crippen molar-refractivity contribution in [2.24, 2.45) is 0 Å². The molecule has 0 saturated carbocycles. The first-order valence-corrected chi connectivity index (χ1v) is 5.50. The largest absolute Gasteiger partial charge is 0.392 e. The summed E-state index contributed by atoms with van der Waals surface area (Å²) in [5, 5.41) is 15.3. The summed E-state index contributed by atoms with van der Waals surface area (Å²) in [5.41, 5.74) is 0.925. The van der Waals surface area contributed by atoms with Crippen LogP contribution in [-0.2, 0) is 0 Å². The van der Waals surface area contributed by atoms with E-state index in [1.165, 1.54) is 6.07 Å². The van der Waals surface area contributed by atoms with Crippen molar-refractivity contribution in [3.8, 4) is 11.3 Å². The van der Waals surface area contributed by atoms with Gasteiger partial charge in [0.25, 0.3) is 5.91 Å². The van der Waals surface area contributed by atoms with Crippen molar-refractivity contribution in [1.29, 1.82) is 0 Å². The molecule has 0 radical (unpaired) electrons. The molecule has 2 N–H and O–H groups in total. The number of aromatic nitrogens is 2. The number of aliphatic hydroxyl groups is 1. The summed E-state index contributed by atoms with van der Waals surface area (Å²) in [6.45, 7) is 1.76. The molecule has 0 saturated heterocycles. The number of hydrogen-bond acceptors (Lipinski definition) is 5. The molecule has 0 bridgehead atoms. The molecule has 0 aliphatic heterocycles. The Morgan fingerprint density at radius 2 is 2.44 bits per heavy atom.